The van der Waals surface area contributed by atoms with E-state index in [0.29, 0.717) is 13.0 Å². The number of hydrogen-bond donors (Lipinski definition) is 0. The molecule has 0 aliphatic rings. The van der Waals surface area contributed by atoms with Gasteiger partial charge in [-0.05, 0) is 0 Å². The second-order valence-electron chi connectivity index (χ2n) is 5.13. The van der Waals surface area contributed by atoms with E-state index >= 15 is 0 Å². The van der Waals surface area contributed by atoms with Gasteiger partial charge < -0.3 is 0 Å². The van der Waals surface area contributed by atoms with Gasteiger partial charge in [0.15, 0.2) is 0 Å². The Hall–Kier alpha value is 0.554. The summed E-state index contributed by atoms with van der Waals surface area (Å²) in [5.41, 5.74) is 0. The Morgan fingerprint density at radius 1 is 0.833 bits per heavy atom. The van der Waals surface area contributed by atoms with Crippen LogP contribution in [-0.4, -0.2) is 30.9 Å². The van der Waals surface area contributed by atoms with Gasteiger partial charge in [-0.3, -0.25) is 0 Å². The Balaban J connectivity index is 4.74. The summed E-state index contributed by atoms with van der Waals surface area (Å²) in [6, 6.07) is 0. The molecule has 0 saturated heterocycles. The van der Waals surface area contributed by atoms with Crippen LogP contribution in [0.15, 0.2) is 0 Å². The van der Waals surface area contributed by atoms with E-state index in [1.165, 1.54) is 0 Å². The van der Waals surface area contributed by atoms with Crippen LogP contribution in [0.3, 0.4) is 0 Å². The van der Waals surface area contributed by atoms with Crippen molar-refractivity contribution < 1.29 is 38.4 Å². The van der Waals surface area contributed by atoms with Crippen LogP contribution in [0.1, 0.15) is 54.4 Å². The van der Waals surface area contributed by atoms with Crippen molar-refractivity contribution >= 4 is 0 Å². The first-order valence-electron chi connectivity index (χ1n) is 6.63. The quantitative estimate of drug-likeness (QED) is 0.352. The Morgan fingerprint density at radius 2 is 1.22 bits per heavy atom. The Kier molecular flexibility index (Phi) is 9.75. The average Bonchev–Trinajstić information content (AvgIpc) is 2.13. The van der Waals surface area contributed by atoms with Crippen molar-refractivity contribution in [1.29, 1.82) is 0 Å². The zero-order valence-electron chi connectivity index (χ0n) is 12.5. The second kappa shape index (κ2) is 9.46. The Morgan fingerprint density at radius 3 is 1.50 bits per heavy atom. The van der Waals surface area contributed by atoms with Crippen LogP contribution in [0, 0.1) is 0 Å². The number of hydrogen-bond acceptors (Lipinski definition) is 4. The Labute approximate surface area is 124 Å². The van der Waals surface area contributed by atoms with Crippen LogP contribution in [0.5, 0.6) is 0 Å². The van der Waals surface area contributed by atoms with Crippen LogP contribution in [0.4, 0.5) is 0 Å². The molecule has 0 aliphatic heterocycles. The summed E-state index contributed by atoms with van der Waals surface area (Å²) in [6.07, 6.45) is 1.64. The van der Waals surface area contributed by atoms with Gasteiger partial charge in [0, 0.05) is 0 Å². The summed E-state index contributed by atoms with van der Waals surface area (Å²) in [5.74, 6) is -0.963. The summed E-state index contributed by atoms with van der Waals surface area (Å²) in [7, 11) is 0. The molecule has 0 fully saturated rings. The number of ether oxygens (including phenoxy) is 3. The van der Waals surface area contributed by atoms with E-state index in [2.05, 4.69) is 0 Å². The van der Waals surface area contributed by atoms with Crippen LogP contribution in [0.2, 0.25) is 0 Å². The van der Waals surface area contributed by atoms with E-state index in [4.69, 9.17) is 17.5 Å². The molecule has 0 N–H and O–H groups in total. The maximum atomic E-state index is 5.91. The van der Waals surface area contributed by atoms with Gasteiger partial charge in [0.1, 0.15) is 0 Å². The van der Waals surface area contributed by atoms with Gasteiger partial charge in [-0.15, -0.1) is 0 Å². The molecule has 0 aromatic rings. The van der Waals surface area contributed by atoms with Gasteiger partial charge in [0.2, 0.25) is 0 Å². The molecule has 0 aliphatic carbocycles. The van der Waals surface area contributed by atoms with Gasteiger partial charge in [0.25, 0.3) is 0 Å². The normalized spacial score (nSPS) is 12.9. The van der Waals surface area contributed by atoms with Gasteiger partial charge >= 0.3 is 124 Å². The van der Waals surface area contributed by atoms with Gasteiger partial charge in [-0.25, -0.2) is 0 Å². The molecule has 0 atom stereocenters. The van der Waals surface area contributed by atoms with Crippen molar-refractivity contribution in [3.63, 3.8) is 0 Å². The fourth-order valence-electron chi connectivity index (χ4n) is 1.70. The van der Waals surface area contributed by atoms with Crippen molar-refractivity contribution in [3.8, 4) is 0 Å². The minimum absolute atomic E-state index is 0.0463. The molecule has 0 saturated carbocycles. The standard InChI is InChI=1S/C13H27O4.Ti/c1-10(2)15-13(8-7-9-14,16-11(3)4)17-12(5)6;/h10-12H,7-9H2,1-6H3;/q-1;+1. The van der Waals surface area contributed by atoms with Crippen LogP contribution in [-0.2, 0) is 38.4 Å². The zero-order chi connectivity index (χ0) is 14.2. The van der Waals surface area contributed by atoms with Crippen LogP contribution < -0.4 is 0 Å². The Bertz CT molecular complexity index is 181. The minimum atomic E-state index is -0.963. The van der Waals surface area contributed by atoms with Crippen molar-refractivity contribution in [2.75, 3.05) is 6.61 Å². The molecule has 4 nitrogen and oxygen atoms in total. The molecule has 0 bridgehead atoms. The van der Waals surface area contributed by atoms with E-state index < -0.39 is 5.97 Å². The third kappa shape index (κ3) is 8.62. The molecule has 0 heterocycles. The molecular formula is C13H27O4Ti. The second-order valence-corrected chi connectivity index (χ2v) is 5.59. The number of rotatable bonds is 10. The first-order chi connectivity index (χ1) is 8.31. The first kappa shape index (κ1) is 18.6. The fourth-order valence-corrected chi connectivity index (χ4v) is 1.92. The predicted octanol–water partition coefficient (Wildman–Crippen LogP) is 3.17. The van der Waals surface area contributed by atoms with Crippen molar-refractivity contribution in [2.24, 2.45) is 0 Å². The summed E-state index contributed by atoms with van der Waals surface area (Å²) in [4.78, 5) is 0. The predicted molar refractivity (Wildman–Crippen MR) is 66.6 cm³/mol. The first-order valence-corrected chi connectivity index (χ1v) is 7.27. The van der Waals surface area contributed by atoms with Crippen LogP contribution >= 0.6 is 0 Å². The summed E-state index contributed by atoms with van der Waals surface area (Å²) in [6.45, 7) is 12.6. The molecule has 0 aromatic carbocycles. The SMILES string of the molecule is CC(C)OC(CCC[O][Ti])(OC(C)C)OC(C)C. The fraction of sp³-hybridized carbons (Fsp3) is 1.00. The van der Waals surface area contributed by atoms with E-state index in [0.717, 1.165) is 6.42 Å². The molecule has 0 unspecified atom stereocenters. The average molecular weight is 295 g/mol. The molecule has 0 aromatic heterocycles. The summed E-state index contributed by atoms with van der Waals surface area (Å²) < 4.78 is 22.8. The molecule has 5 heteroatoms. The molecule has 0 rings (SSSR count). The maximum absolute atomic E-state index is 5.91. The molecule has 18 heavy (non-hydrogen) atoms. The van der Waals surface area contributed by atoms with E-state index in [9.17, 15) is 0 Å². The van der Waals surface area contributed by atoms with Crippen molar-refractivity contribution in [3.05, 3.63) is 0 Å². The topological polar surface area (TPSA) is 36.9 Å². The van der Waals surface area contributed by atoms with E-state index in [1.54, 1.807) is 20.8 Å². The molecule has 0 spiro atoms. The van der Waals surface area contributed by atoms with E-state index in [1.807, 2.05) is 41.5 Å². The van der Waals surface area contributed by atoms with E-state index in [-0.39, 0.29) is 18.3 Å². The summed E-state index contributed by atoms with van der Waals surface area (Å²) >= 11 is 1.69. The zero-order valence-corrected chi connectivity index (χ0v) is 14.0. The monoisotopic (exact) mass is 295 g/mol. The van der Waals surface area contributed by atoms with Gasteiger partial charge in [0.05, 0.1) is 0 Å². The van der Waals surface area contributed by atoms with Gasteiger partial charge in [-0.1, -0.05) is 0 Å². The molecule has 0 amide bonds. The molecule has 107 valence electrons. The van der Waals surface area contributed by atoms with Crippen LogP contribution in [0.25, 0.3) is 0 Å². The third-order valence-corrected chi connectivity index (χ3v) is 2.29. The van der Waals surface area contributed by atoms with Gasteiger partial charge in [-0.2, -0.15) is 0 Å². The third-order valence-electron chi connectivity index (χ3n) is 1.98. The summed E-state index contributed by atoms with van der Waals surface area (Å²) in [5, 5.41) is 0. The van der Waals surface area contributed by atoms with Crippen molar-refractivity contribution in [2.45, 2.75) is 78.7 Å². The molecule has 0 radical (unpaired) electrons. The van der Waals surface area contributed by atoms with Crippen molar-refractivity contribution in [1.82, 2.24) is 0 Å². The molecular weight excluding hydrogens is 268 g/mol.